The molecular weight excluding hydrogens is 286 g/mol. The molecule has 114 valence electrons. The Balaban J connectivity index is 2.84. The Kier molecular flexibility index (Phi) is 6.65. The van der Waals surface area contributed by atoms with Crippen molar-refractivity contribution >= 4 is 29.1 Å². The van der Waals surface area contributed by atoms with Gasteiger partial charge in [0.2, 0.25) is 0 Å². The first-order valence-electron chi connectivity index (χ1n) is 6.78. The molecular formula is C16H21NO3S. The van der Waals surface area contributed by atoms with Crippen LogP contribution in [0.15, 0.2) is 30.3 Å². The monoisotopic (exact) mass is 307 g/mol. The lowest BCUT2D eigenvalue weighted by molar-refractivity contribution is -0.136. The van der Waals surface area contributed by atoms with E-state index >= 15 is 0 Å². The first-order chi connectivity index (χ1) is 9.88. The lowest BCUT2D eigenvalue weighted by Crippen LogP contribution is -2.33. The molecule has 0 saturated heterocycles. The fourth-order valence-electron chi connectivity index (χ4n) is 1.48. The van der Waals surface area contributed by atoms with Gasteiger partial charge in [0, 0.05) is 10.4 Å². The second-order valence-corrected chi connectivity index (χ2v) is 6.22. The first kappa shape index (κ1) is 17.5. The zero-order valence-corrected chi connectivity index (χ0v) is 13.4. The summed E-state index contributed by atoms with van der Waals surface area (Å²) in [6, 6.07) is 7.21. The van der Waals surface area contributed by atoms with E-state index in [0.29, 0.717) is 0 Å². The summed E-state index contributed by atoms with van der Waals surface area (Å²) in [6.45, 7) is 6.28. The van der Waals surface area contributed by atoms with Gasteiger partial charge in [0.15, 0.2) is 0 Å². The van der Waals surface area contributed by atoms with Crippen LogP contribution < -0.4 is 4.72 Å². The van der Waals surface area contributed by atoms with Crippen molar-refractivity contribution in [2.24, 2.45) is 0 Å². The minimum atomic E-state index is -0.854. The minimum absolute atomic E-state index is 0.00126. The fourth-order valence-corrected chi connectivity index (χ4v) is 2.39. The lowest BCUT2D eigenvalue weighted by atomic mass is 10.0. The normalized spacial score (nSPS) is 12.2. The summed E-state index contributed by atoms with van der Waals surface area (Å²) in [5.74, 6) is -0.854. The number of nitrogens with one attached hydrogen (secondary N) is 1. The lowest BCUT2D eigenvalue weighted by Gasteiger charge is -2.24. The summed E-state index contributed by atoms with van der Waals surface area (Å²) in [7, 11) is 0. The number of benzene rings is 1. The Morgan fingerprint density at radius 3 is 2.43 bits per heavy atom. The average molecular weight is 307 g/mol. The Labute approximate surface area is 129 Å². The molecule has 0 aliphatic carbocycles. The number of aldehydes is 1. The predicted octanol–water partition coefficient (Wildman–Crippen LogP) is 3.28. The Morgan fingerprint density at radius 2 is 1.95 bits per heavy atom. The van der Waals surface area contributed by atoms with Crippen LogP contribution in [0.25, 0.3) is 4.91 Å². The number of carbonyl (C=O) groups is 2. The van der Waals surface area contributed by atoms with Crippen LogP contribution in [0.3, 0.4) is 0 Å². The zero-order chi connectivity index (χ0) is 15.9. The molecule has 0 bridgehead atoms. The van der Waals surface area contributed by atoms with Crippen LogP contribution in [0, 0.1) is 0 Å². The maximum absolute atomic E-state index is 10.8. The third kappa shape index (κ3) is 6.14. The van der Waals surface area contributed by atoms with Crippen molar-refractivity contribution in [2.75, 3.05) is 0 Å². The molecule has 0 fully saturated rings. The number of hydrogen-bond acceptors (Lipinski definition) is 4. The summed E-state index contributed by atoms with van der Waals surface area (Å²) in [4.78, 5) is 22.3. The standard InChI is InChI=1S/C16H21NO3S/c1-4-16(2,3)17-21-14(9-10-18)13-7-5-12(6-8-13)11-15(19)20/h5-10,17H,4,11H2,1-3H3,(H,19,20)/b14-9-. The Morgan fingerprint density at radius 1 is 1.33 bits per heavy atom. The van der Waals surface area contributed by atoms with E-state index in [1.807, 2.05) is 12.1 Å². The Hall–Kier alpha value is -1.59. The Bertz CT molecular complexity index is 521. The summed E-state index contributed by atoms with van der Waals surface area (Å²) >= 11 is 1.41. The topological polar surface area (TPSA) is 66.4 Å². The van der Waals surface area contributed by atoms with Crippen LogP contribution in [0.2, 0.25) is 0 Å². The van der Waals surface area contributed by atoms with Crippen LogP contribution in [-0.2, 0) is 16.0 Å². The molecule has 4 nitrogen and oxygen atoms in total. The molecule has 0 aliphatic rings. The number of carbonyl (C=O) groups excluding carboxylic acids is 1. The van der Waals surface area contributed by atoms with Crippen molar-refractivity contribution in [1.82, 2.24) is 4.72 Å². The van der Waals surface area contributed by atoms with E-state index in [-0.39, 0.29) is 12.0 Å². The largest absolute Gasteiger partial charge is 0.481 e. The molecule has 0 amide bonds. The van der Waals surface area contributed by atoms with E-state index in [1.54, 1.807) is 12.1 Å². The molecule has 2 N–H and O–H groups in total. The molecule has 0 saturated carbocycles. The highest BCUT2D eigenvalue weighted by atomic mass is 32.2. The van der Waals surface area contributed by atoms with E-state index in [4.69, 9.17) is 5.11 Å². The highest BCUT2D eigenvalue weighted by Gasteiger charge is 2.15. The number of carboxylic acids is 1. The zero-order valence-electron chi connectivity index (χ0n) is 12.6. The van der Waals surface area contributed by atoms with Crippen molar-refractivity contribution < 1.29 is 14.7 Å². The molecule has 5 heteroatoms. The van der Waals surface area contributed by atoms with Gasteiger partial charge in [-0.3, -0.25) is 14.3 Å². The smallest absolute Gasteiger partial charge is 0.307 e. The van der Waals surface area contributed by atoms with E-state index in [1.165, 1.54) is 18.0 Å². The minimum Gasteiger partial charge on any atom is -0.481 e. The molecule has 21 heavy (non-hydrogen) atoms. The van der Waals surface area contributed by atoms with Crippen LogP contribution in [0.1, 0.15) is 38.3 Å². The molecule has 1 rings (SSSR count). The van der Waals surface area contributed by atoms with Gasteiger partial charge in [-0.05, 0) is 49.4 Å². The van der Waals surface area contributed by atoms with E-state index in [9.17, 15) is 9.59 Å². The van der Waals surface area contributed by atoms with Crippen LogP contribution in [0.4, 0.5) is 0 Å². The fraction of sp³-hybridized carbons (Fsp3) is 0.375. The number of aliphatic carboxylic acids is 1. The molecule has 1 aromatic carbocycles. The van der Waals surface area contributed by atoms with Gasteiger partial charge in [-0.15, -0.1) is 0 Å². The third-order valence-electron chi connectivity index (χ3n) is 3.13. The SMILES string of the molecule is CCC(C)(C)NS/C(=C\C=O)c1ccc(CC(=O)O)cc1. The van der Waals surface area contributed by atoms with Gasteiger partial charge in [0.1, 0.15) is 6.29 Å². The quantitative estimate of drug-likeness (QED) is 0.438. The summed E-state index contributed by atoms with van der Waals surface area (Å²) in [5.41, 5.74) is 1.60. The van der Waals surface area contributed by atoms with Crippen LogP contribution in [0.5, 0.6) is 0 Å². The van der Waals surface area contributed by atoms with Gasteiger partial charge >= 0.3 is 5.97 Å². The summed E-state index contributed by atoms with van der Waals surface area (Å²) in [5, 5.41) is 8.76. The highest BCUT2D eigenvalue weighted by Crippen LogP contribution is 2.27. The molecule has 0 aliphatic heterocycles. The molecule has 0 heterocycles. The average Bonchev–Trinajstić information content (AvgIpc) is 2.44. The van der Waals surface area contributed by atoms with Gasteiger partial charge in [-0.1, -0.05) is 31.2 Å². The van der Waals surface area contributed by atoms with E-state index in [2.05, 4.69) is 25.5 Å². The van der Waals surface area contributed by atoms with Gasteiger partial charge in [0.25, 0.3) is 0 Å². The molecule has 1 aromatic rings. The molecule has 0 aromatic heterocycles. The van der Waals surface area contributed by atoms with E-state index < -0.39 is 5.97 Å². The first-order valence-corrected chi connectivity index (χ1v) is 7.60. The summed E-state index contributed by atoms with van der Waals surface area (Å²) in [6.07, 6.45) is 3.23. The van der Waals surface area contributed by atoms with Crippen LogP contribution in [-0.4, -0.2) is 22.9 Å². The van der Waals surface area contributed by atoms with Crippen molar-refractivity contribution in [3.8, 4) is 0 Å². The number of hydrogen-bond donors (Lipinski definition) is 2. The third-order valence-corrected chi connectivity index (χ3v) is 4.38. The van der Waals surface area contributed by atoms with Crippen molar-refractivity contribution in [1.29, 1.82) is 0 Å². The van der Waals surface area contributed by atoms with Crippen molar-refractivity contribution in [3.63, 3.8) is 0 Å². The van der Waals surface area contributed by atoms with Gasteiger partial charge < -0.3 is 5.11 Å². The molecule has 0 radical (unpaired) electrons. The van der Waals surface area contributed by atoms with Crippen LogP contribution >= 0.6 is 11.9 Å². The van der Waals surface area contributed by atoms with E-state index in [0.717, 1.165) is 28.7 Å². The van der Waals surface area contributed by atoms with Gasteiger partial charge in [0.05, 0.1) is 6.42 Å². The summed E-state index contributed by atoms with van der Waals surface area (Å²) < 4.78 is 3.33. The second kappa shape index (κ2) is 8.00. The van der Waals surface area contributed by atoms with Gasteiger partial charge in [-0.2, -0.15) is 0 Å². The molecule has 0 spiro atoms. The van der Waals surface area contributed by atoms with Gasteiger partial charge in [-0.25, -0.2) is 0 Å². The molecule has 0 unspecified atom stereocenters. The number of allylic oxidation sites excluding steroid dienone is 1. The highest BCUT2D eigenvalue weighted by molar-refractivity contribution is 8.06. The maximum Gasteiger partial charge on any atom is 0.307 e. The van der Waals surface area contributed by atoms with Crippen molar-refractivity contribution in [2.45, 2.75) is 39.2 Å². The predicted molar refractivity (Wildman–Crippen MR) is 86.9 cm³/mol. The molecule has 0 atom stereocenters. The van der Waals surface area contributed by atoms with Crippen molar-refractivity contribution in [3.05, 3.63) is 41.5 Å². The maximum atomic E-state index is 10.8. The second-order valence-electron chi connectivity index (χ2n) is 5.38. The number of carboxylic acid groups (broad SMARTS) is 1. The number of rotatable bonds is 8.